The fourth-order valence-electron chi connectivity index (χ4n) is 3.66. The Kier molecular flexibility index (Phi) is 4.05. The lowest BCUT2D eigenvalue weighted by Crippen LogP contribution is -2.08. The fraction of sp³-hybridized carbons (Fsp3) is 0.400. The normalized spacial score (nSPS) is 25.3. The number of rotatable bonds is 5. The van der Waals surface area contributed by atoms with Gasteiger partial charge < -0.3 is 4.74 Å². The van der Waals surface area contributed by atoms with Crippen LogP contribution in [0.3, 0.4) is 0 Å². The summed E-state index contributed by atoms with van der Waals surface area (Å²) in [5.41, 5.74) is 3.46. The number of halogens is 1. The maximum atomic E-state index is 12.4. The number of carbonyl (C=O) groups excluding carboxylic acids is 1. The third-order valence-corrected chi connectivity index (χ3v) is 5.23. The number of hydrogen-bond donors (Lipinski definition) is 0. The van der Waals surface area contributed by atoms with Gasteiger partial charge in [-0.25, -0.2) is 0 Å². The van der Waals surface area contributed by atoms with Crippen LogP contribution in [-0.4, -0.2) is 17.6 Å². The Morgan fingerprint density at radius 1 is 1.21 bits per heavy atom. The van der Waals surface area contributed by atoms with Crippen LogP contribution in [0.15, 0.2) is 42.6 Å². The molecule has 2 fully saturated rings. The van der Waals surface area contributed by atoms with Crippen LogP contribution in [0.1, 0.15) is 54.3 Å². The maximum absolute atomic E-state index is 12.4. The Morgan fingerprint density at radius 2 is 1.96 bits per heavy atom. The molecule has 0 N–H and O–H groups in total. The molecule has 0 spiro atoms. The summed E-state index contributed by atoms with van der Waals surface area (Å²) in [7, 11) is 0. The van der Waals surface area contributed by atoms with Crippen LogP contribution in [0, 0.1) is 5.92 Å². The molecule has 3 unspecified atom stereocenters. The highest BCUT2D eigenvalue weighted by Crippen LogP contribution is 2.61. The molecule has 24 heavy (non-hydrogen) atoms. The average molecular weight is 342 g/mol. The lowest BCUT2D eigenvalue weighted by molar-refractivity contribution is -0.144. The van der Waals surface area contributed by atoms with E-state index in [2.05, 4.69) is 11.1 Å². The van der Waals surface area contributed by atoms with E-state index < -0.39 is 0 Å². The number of carbonyl (C=O) groups is 1. The molecule has 2 aliphatic carbocycles. The van der Waals surface area contributed by atoms with Crippen molar-refractivity contribution in [2.24, 2.45) is 5.92 Å². The molecule has 4 rings (SSSR count). The second-order valence-electron chi connectivity index (χ2n) is 6.67. The van der Waals surface area contributed by atoms with Gasteiger partial charge >= 0.3 is 5.97 Å². The molecular weight excluding hydrogens is 322 g/mol. The van der Waals surface area contributed by atoms with Gasteiger partial charge in [-0.2, -0.15) is 0 Å². The first-order chi connectivity index (χ1) is 11.7. The fourth-order valence-corrected chi connectivity index (χ4v) is 3.86. The van der Waals surface area contributed by atoms with Crippen LogP contribution in [0.25, 0.3) is 0 Å². The van der Waals surface area contributed by atoms with Crippen molar-refractivity contribution in [1.82, 2.24) is 4.98 Å². The predicted molar refractivity (Wildman–Crippen MR) is 93.3 cm³/mol. The summed E-state index contributed by atoms with van der Waals surface area (Å²) in [6, 6.07) is 12.0. The quantitative estimate of drug-likeness (QED) is 0.742. The van der Waals surface area contributed by atoms with Crippen molar-refractivity contribution in [2.45, 2.75) is 37.5 Å². The first-order valence-corrected chi connectivity index (χ1v) is 8.94. The molecule has 1 heterocycles. The summed E-state index contributed by atoms with van der Waals surface area (Å²) in [4.78, 5) is 16.9. The van der Waals surface area contributed by atoms with Crippen LogP contribution in [0.4, 0.5) is 0 Å². The molecule has 1 aromatic carbocycles. The number of esters is 1. The van der Waals surface area contributed by atoms with Crippen molar-refractivity contribution in [2.75, 3.05) is 6.61 Å². The van der Waals surface area contributed by atoms with Gasteiger partial charge in [0, 0.05) is 34.7 Å². The number of nitrogens with zero attached hydrogens (tertiary/aromatic N) is 1. The number of aromatic nitrogens is 1. The van der Waals surface area contributed by atoms with Gasteiger partial charge in [0.2, 0.25) is 0 Å². The first kappa shape index (κ1) is 15.6. The van der Waals surface area contributed by atoms with E-state index in [9.17, 15) is 4.79 Å². The summed E-state index contributed by atoms with van der Waals surface area (Å²) in [5.74, 6) is 0.657. The highest BCUT2D eigenvalue weighted by molar-refractivity contribution is 6.30. The Labute approximate surface area is 147 Å². The standard InChI is InChI=1S/C20H20ClNO2/c1-2-24-20(23)19-17(13-4-3-5-15(21)10-13)18(19)14-8-9-22-16(11-14)12-6-7-12/h3-5,8-12,17-19H,2,6-7H2,1H3. The van der Waals surface area contributed by atoms with Gasteiger partial charge in [-0.1, -0.05) is 23.7 Å². The van der Waals surface area contributed by atoms with Crippen molar-refractivity contribution in [3.05, 3.63) is 64.4 Å². The number of ether oxygens (including phenoxy) is 1. The van der Waals surface area contributed by atoms with Gasteiger partial charge in [-0.15, -0.1) is 0 Å². The number of hydrogen-bond acceptors (Lipinski definition) is 3. The maximum Gasteiger partial charge on any atom is 0.310 e. The van der Waals surface area contributed by atoms with E-state index in [0.717, 1.165) is 11.3 Å². The van der Waals surface area contributed by atoms with Crippen molar-refractivity contribution in [3.63, 3.8) is 0 Å². The minimum atomic E-state index is -0.127. The second kappa shape index (κ2) is 6.21. The highest BCUT2D eigenvalue weighted by atomic mass is 35.5. The molecule has 2 aromatic rings. The molecule has 0 radical (unpaired) electrons. The van der Waals surface area contributed by atoms with E-state index in [1.165, 1.54) is 18.4 Å². The molecule has 4 heteroatoms. The van der Waals surface area contributed by atoms with Crippen LogP contribution in [-0.2, 0) is 9.53 Å². The van der Waals surface area contributed by atoms with Crippen LogP contribution in [0.2, 0.25) is 5.02 Å². The molecule has 2 aliphatic rings. The highest BCUT2D eigenvalue weighted by Gasteiger charge is 2.57. The Bertz CT molecular complexity index is 772. The molecule has 3 atom stereocenters. The minimum Gasteiger partial charge on any atom is -0.466 e. The van der Waals surface area contributed by atoms with Crippen LogP contribution >= 0.6 is 11.6 Å². The molecule has 0 saturated heterocycles. The topological polar surface area (TPSA) is 39.2 Å². The van der Waals surface area contributed by atoms with Gasteiger partial charge in [0.1, 0.15) is 0 Å². The van der Waals surface area contributed by atoms with E-state index in [-0.39, 0.29) is 23.7 Å². The lowest BCUT2D eigenvalue weighted by Gasteiger charge is -2.04. The minimum absolute atomic E-state index is 0.114. The van der Waals surface area contributed by atoms with Crippen LogP contribution < -0.4 is 0 Å². The zero-order valence-electron chi connectivity index (χ0n) is 13.6. The van der Waals surface area contributed by atoms with Crippen molar-refractivity contribution >= 4 is 17.6 Å². The summed E-state index contributed by atoms with van der Waals surface area (Å²) in [6.07, 6.45) is 4.32. The molecule has 124 valence electrons. The van der Waals surface area contributed by atoms with E-state index in [1.54, 1.807) is 0 Å². The van der Waals surface area contributed by atoms with E-state index in [1.807, 2.05) is 43.5 Å². The monoisotopic (exact) mass is 341 g/mol. The lowest BCUT2D eigenvalue weighted by atomic mass is 10.0. The van der Waals surface area contributed by atoms with Crippen molar-refractivity contribution in [1.29, 1.82) is 0 Å². The third kappa shape index (κ3) is 2.93. The SMILES string of the molecule is CCOC(=O)C1C(c2cccc(Cl)c2)C1c1ccnc(C2CC2)c1. The molecule has 2 saturated carbocycles. The van der Waals surface area contributed by atoms with Gasteiger partial charge in [-0.3, -0.25) is 9.78 Å². The molecule has 0 amide bonds. The first-order valence-electron chi connectivity index (χ1n) is 8.57. The largest absolute Gasteiger partial charge is 0.466 e. The zero-order chi connectivity index (χ0) is 16.7. The van der Waals surface area contributed by atoms with Crippen LogP contribution in [0.5, 0.6) is 0 Å². The third-order valence-electron chi connectivity index (χ3n) is 5.00. The van der Waals surface area contributed by atoms with Gasteiger partial charge in [0.05, 0.1) is 12.5 Å². The Hall–Kier alpha value is -1.87. The average Bonchev–Trinajstić information content (AvgIpc) is 3.48. The number of benzene rings is 1. The summed E-state index contributed by atoms with van der Waals surface area (Å²) in [5, 5.41) is 0.703. The van der Waals surface area contributed by atoms with Gasteiger partial charge in [-0.05, 0) is 55.2 Å². The number of pyridine rings is 1. The predicted octanol–water partition coefficient (Wildman–Crippen LogP) is 4.67. The van der Waals surface area contributed by atoms with Gasteiger partial charge in [0.15, 0.2) is 0 Å². The molecule has 3 nitrogen and oxygen atoms in total. The summed E-state index contributed by atoms with van der Waals surface area (Å²) >= 11 is 6.15. The molecule has 0 aliphatic heterocycles. The second-order valence-corrected chi connectivity index (χ2v) is 7.11. The summed E-state index contributed by atoms with van der Waals surface area (Å²) in [6.45, 7) is 2.26. The summed E-state index contributed by atoms with van der Waals surface area (Å²) < 4.78 is 5.30. The molecule has 0 bridgehead atoms. The van der Waals surface area contributed by atoms with Gasteiger partial charge in [0.25, 0.3) is 0 Å². The van der Waals surface area contributed by atoms with E-state index >= 15 is 0 Å². The zero-order valence-corrected chi connectivity index (χ0v) is 14.4. The molecule has 1 aromatic heterocycles. The van der Waals surface area contributed by atoms with Crippen molar-refractivity contribution in [3.8, 4) is 0 Å². The van der Waals surface area contributed by atoms with E-state index in [4.69, 9.17) is 16.3 Å². The van der Waals surface area contributed by atoms with E-state index in [0.29, 0.717) is 17.5 Å². The Morgan fingerprint density at radius 3 is 2.62 bits per heavy atom. The Balaban J connectivity index is 1.66. The van der Waals surface area contributed by atoms with Crippen molar-refractivity contribution < 1.29 is 9.53 Å². The molecular formula is C20H20ClNO2. The smallest absolute Gasteiger partial charge is 0.310 e.